The minimum absolute atomic E-state index is 0.0932. The number of hydrogen-bond acceptors (Lipinski definition) is 2. The fourth-order valence-electron chi connectivity index (χ4n) is 2.59. The Hall–Kier alpha value is -2.00. The first-order valence-electron chi connectivity index (χ1n) is 7.50. The quantitative estimate of drug-likeness (QED) is 0.840. The number of rotatable bonds is 4. The number of carbonyl (C=O) groups is 1. The predicted molar refractivity (Wildman–Crippen MR) is 87.5 cm³/mol. The molecule has 1 aliphatic rings. The Morgan fingerprint density at radius 3 is 2.73 bits per heavy atom. The molecule has 3 nitrogen and oxygen atoms in total. The summed E-state index contributed by atoms with van der Waals surface area (Å²) in [5.41, 5.74) is 0.972. The molecule has 22 heavy (non-hydrogen) atoms. The molecule has 114 valence electrons. The van der Waals surface area contributed by atoms with Crippen molar-refractivity contribution in [1.82, 2.24) is 5.32 Å². The lowest BCUT2D eigenvalue weighted by Crippen LogP contribution is -2.30. The number of carbonyl (C=O) groups excluding carboxylic acids is 1. The summed E-state index contributed by atoms with van der Waals surface area (Å²) in [6.45, 7) is 0.423. The summed E-state index contributed by atoms with van der Waals surface area (Å²) in [6, 6.07) is 11.3. The topological polar surface area (TPSA) is 42.2 Å². The van der Waals surface area contributed by atoms with E-state index in [1.807, 2.05) is 36.4 Å². The van der Waals surface area contributed by atoms with Gasteiger partial charge in [-0.2, -0.15) is 0 Å². The van der Waals surface area contributed by atoms with Crippen molar-refractivity contribution in [3.63, 3.8) is 0 Å². The second kappa shape index (κ2) is 6.84. The highest BCUT2D eigenvalue weighted by molar-refractivity contribution is 6.30. The van der Waals surface area contributed by atoms with Crippen LogP contribution in [0.3, 0.4) is 0 Å². The van der Waals surface area contributed by atoms with Crippen LogP contribution in [0.1, 0.15) is 25.0 Å². The van der Waals surface area contributed by atoms with Crippen LogP contribution in [0, 0.1) is 5.92 Å². The maximum Gasteiger partial charge on any atom is 0.223 e. The lowest BCUT2D eigenvalue weighted by Gasteiger charge is -2.16. The Labute approximate surface area is 135 Å². The van der Waals surface area contributed by atoms with Crippen LogP contribution in [0.4, 0.5) is 0 Å². The molecule has 4 heteroatoms. The second-order valence-corrected chi connectivity index (χ2v) is 5.91. The van der Waals surface area contributed by atoms with Crippen molar-refractivity contribution in [3.05, 3.63) is 59.3 Å². The first kappa shape index (κ1) is 14.9. The highest BCUT2D eigenvalue weighted by atomic mass is 35.5. The number of allylic oxidation sites excluding steroid dienone is 2. The van der Waals surface area contributed by atoms with Gasteiger partial charge in [-0.25, -0.2) is 0 Å². The lowest BCUT2D eigenvalue weighted by atomic mass is 9.94. The van der Waals surface area contributed by atoms with Crippen molar-refractivity contribution in [2.75, 3.05) is 0 Å². The smallest absolute Gasteiger partial charge is 0.223 e. The number of amides is 1. The van der Waals surface area contributed by atoms with E-state index in [4.69, 9.17) is 16.0 Å². The van der Waals surface area contributed by atoms with E-state index in [2.05, 4.69) is 17.5 Å². The van der Waals surface area contributed by atoms with Gasteiger partial charge in [-0.15, -0.1) is 0 Å². The highest BCUT2D eigenvalue weighted by Crippen LogP contribution is 2.24. The van der Waals surface area contributed by atoms with Gasteiger partial charge in [0.05, 0.1) is 6.54 Å². The van der Waals surface area contributed by atoms with Crippen LogP contribution in [0.2, 0.25) is 5.02 Å². The number of hydrogen-bond donors (Lipinski definition) is 1. The van der Waals surface area contributed by atoms with Crippen molar-refractivity contribution in [2.45, 2.75) is 25.8 Å². The molecule has 1 amide bonds. The third kappa shape index (κ3) is 3.60. The lowest BCUT2D eigenvalue weighted by molar-refractivity contribution is -0.125. The summed E-state index contributed by atoms with van der Waals surface area (Å²) >= 11 is 5.88. The molecule has 1 aliphatic carbocycles. The highest BCUT2D eigenvalue weighted by Gasteiger charge is 2.18. The number of benzene rings is 1. The normalized spacial score (nSPS) is 17.4. The zero-order valence-corrected chi connectivity index (χ0v) is 13.0. The molecule has 2 aromatic rings. The molecule has 3 rings (SSSR count). The molecule has 0 bridgehead atoms. The average molecular weight is 316 g/mol. The van der Waals surface area contributed by atoms with Gasteiger partial charge in [-0.1, -0.05) is 23.8 Å². The van der Waals surface area contributed by atoms with Crippen molar-refractivity contribution < 1.29 is 9.21 Å². The molecule has 0 radical (unpaired) electrons. The summed E-state index contributed by atoms with van der Waals surface area (Å²) in [4.78, 5) is 12.1. The maximum atomic E-state index is 12.1. The van der Waals surface area contributed by atoms with Crippen molar-refractivity contribution in [3.8, 4) is 11.3 Å². The molecule has 1 heterocycles. The third-order valence-electron chi connectivity index (χ3n) is 3.87. The molecule has 1 aromatic carbocycles. The number of nitrogens with one attached hydrogen (secondary N) is 1. The Kier molecular flexibility index (Phi) is 4.64. The van der Waals surface area contributed by atoms with E-state index in [1.54, 1.807) is 0 Å². The van der Waals surface area contributed by atoms with E-state index in [9.17, 15) is 4.79 Å². The fraction of sp³-hybridized carbons (Fsp3) is 0.278. The van der Waals surface area contributed by atoms with Crippen molar-refractivity contribution in [2.24, 2.45) is 5.92 Å². The SMILES string of the molecule is O=C(NCc1ccc(-c2ccc(Cl)cc2)o1)C1CC=CCC1. The second-order valence-electron chi connectivity index (χ2n) is 5.47. The Morgan fingerprint density at radius 2 is 2.00 bits per heavy atom. The van der Waals surface area contributed by atoms with Crippen LogP contribution in [-0.2, 0) is 11.3 Å². The molecule has 0 spiro atoms. The van der Waals surface area contributed by atoms with Gasteiger partial charge in [-0.3, -0.25) is 4.79 Å². The van der Waals surface area contributed by atoms with E-state index in [0.717, 1.165) is 36.3 Å². The van der Waals surface area contributed by atoms with E-state index < -0.39 is 0 Å². The molecule has 0 saturated heterocycles. The molecular weight excluding hydrogens is 298 g/mol. The third-order valence-corrected chi connectivity index (χ3v) is 4.12. The van der Waals surface area contributed by atoms with E-state index >= 15 is 0 Å². The first-order valence-corrected chi connectivity index (χ1v) is 7.87. The summed E-state index contributed by atoms with van der Waals surface area (Å²) in [7, 11) is 0. The standard InChI is InChI=1S/C18H18ClNO2/c19-15-8-6-13(7-9-15)17-11-10-16(22-17)12-20-18(21)14-4-2-1-3-5-14/h1-2,6-11,14H,3-5,12H2,(H,20,21). The van der Waals surface area contributed by atoms with Gasteiger partial charge in [0.2, 0.25) is 5.91 Å². The molecule has 0 fully saturated rings. The van der Waals surface area contributed by atoms with E-state index in [0.29, 0.717) is 11.6 Å². The van der Waals surface area contributed by atoms with E-state index in [1.165, 1.54) is 0 Å². The Bertz CT molecular complexity index is 673. The minimum atomic E-state index is 0.0932. The van der Waals surface area contributed by atoms with Gasteiger partial charge < -0.3 is 9.73 Å². The molecule has 1 N–H and O–H groups in total. The van der Waals surface area contributed by atoms with Gasteiger partial charge in [0, 0.05) is 16.5 Å². The van der Waals surface area contributed by atoms with Crippen LogP contribution >= 0.6 is 11.6 Å². The van der Waals surface area contributed by atoms with Crippen LogP contribution in [-0.4, -0.2) is 5.91 Å². The summed E-state index contributed by atoms with van der Waals surface area (Å²) in [5.74, 6) is 1.73. The molecule has 1 atom stereocenters. The molecule has 1 unspecified atom stereocenters. The van der Waals surface area contributed by atoms with Gasteiger partial charge in [0.15, 0.2) is 0 Å². The zero-order valence-electron chi connectivity index (χ0n) is 12.2. The summed E-state index contributed by atoms with van der Waals surface area (Å²) < 4.78 is 5.78. The predicted octanol–water partition coefficient (Wildman–Crippen LogP) is 4.57. The first-order chi connectivity index (χ1) is 10.7. The van der Waals surface area contributed by atoms with Gasteiger partial charge in [0.25, 0.3) is 0 Å². The maximum absolute atomic E-state index is 12.1. The number of halogens is 1. The fourth-order valence-corrected chi connectivity index (χ4v) is 2.72. The van der Waals surface area contributed by atoms with Gasteiger partial charge in [0.1, 0.15) is 11.5 Å². The van der Waals surface area contributed by atoms with Crippen LogP contribution in [0.25, 0.3) is 11.3 Å². The zero-order chi connectivity index (χ0) is 15.4. The molecule has 0 saturated carbocycles. The van der Waals surface area contributed by atoms with Crippen LogP contribution in [0.5, 0.6) is 0 Å². The van der Waals surface area contributed by atoms with Crippen LogP contribution in [0.15, 0.2) is 53.0 Å². The van der Waals surface area contributed by atoms with Crippen molar-refractivity contribution >= 4 is 17.5 Å². The monoisotopic (exact) mass is 315 g/mol. The largest absolute Gasteiger partial charge is 0.459 e. The van der Waals surface area contributed by atoms with Crippen molar-refractivity contribution in [1.29, 1.82) is 0 Å². The Balaban J connectivity index is 1.58. The molecular formula is C18H18ClNO2. The Morgan fingerprint density at radius 1 is 1.18 bits per heavy atom. The molecule has 0 aliphatic heterocycles. The minimum Gasteiger partial charge on any atom is -0.459 e. The summed E-state index contributed by atoms with van der Waals surface area (Å²) in [6.07, 6.45) is 6.96. The summed E-state index contributed by atoms with van der Waals surface area (Å²) in [5, 5.41) is 3.65. The van der Waals surface area contributed by atoms with Gasteiger partial charge >= 0.3 is 0 Å². The van der Waals surface area contributed by atoms with E-state index in [-0.39, 0.29) is 11.8 Å². The van der Waals surface area contributed by atoms with Crippen LogP contribution < -0.4 is 5.32 Å². The molecule has 1 aromatic heterocycles. The number of furan rings is 1. The van der Waals surface area contributed by atoms with Gasteiger partial charge in [-0.05, 0) is 55.7 Å². The average Bonchev–Trinajstić information content (AvgIpc) is 3.03.